The number of H-pyrrole nitrogens is 1. The van der Waals surface area contributed by atoms with Crippen LogP contribution in [0.25, 0.3) is 0 Å². The first-order valence-electron chi connectivity index (χ1n) is 9.92. The normalized spacial score (nSPS) is 14.2. The highest BCUT2D eigenvalue weighted by Gasteiger charge is 2.31. The molecule has 1 rings (SSSR count). The van der Waals surface area contributed by atoms with Gasteiger partial charge in [-0.3, -0.25) is 24.0 Å². The van der Waals surface area contributed by atoms with Crippen LogP contribution in [-0.4, -0.2) is 91.6 Å². The molecule has 16 heteroatoms. The first kappa shape index (κ1) is 28.0. The van der Waals surface area contributed by atoms with E-state index in [9.17, 15) is 39.0 Å². The number of hydrogen-bond donors (Lipinski definition) is 9. The molecule has 0 spiro atoms. The third-order valence-electron chi connectivity index (χ3n) is 4.46. The van der Waals surface area contributed by atoms with Gasteiger partial charge in [0.25, 0.3) is 0 Å². The van der Waals surface area contributed by atoms with Crippen molar-refractivity contribution in [3.05, 3.63) is 18.2 Å². The van der Waals surface area contributed by atoms with Gasteiger partial charge in [0.15, 0.2) is 0 Å². The molecule has 1 heterocycles. The van der Waals surface area contributed by atoms with E-state index in [1.54, 1.807) is 0 Å². The molecule has 4 unspecified atom stereocenters. The zero-order valence-electron chi connectivity index (χ0n) is 17.9. The lowest BCUT2D eigenvalue weighted by Crippen LogP contribution is -2.58. The number of aromatic nitrogens is 2. The average Bonchev–Trinajstić information content (AvgIpc) is 3.27. The van der Waals surface area contributed by atoms with E-state index < -0.39 is 72.8 Å². The van der Waals surface area contributed by atoms with Crippen molar-refractivity contribution >= 4 is 35.6 Å². The Bertz CT molecular complexity index is 890. The molecule has 1 aromatic heterocycles. The van der Waals surface area contributed by atoms with Crippen molar-refractivity contribution in [1.82, 2.24) is 25.9 Å². The Morgan fingerprint density at radius 3 is 2.06 bits per heavy atom. The molecule has 0 aliphatic rings. The Kier molecular flexibility index (Phi) is 11.1. The number of aliphatic hydroxyl groups is 1. The number of nitrogens with two attached hydrogens (primary N) is 2. The van der Waals surface area contributed by atoms with Gasteiger partial charge >= 0.3 is 11.9 Å². The average molecular weight is 485 g/mol. The maximum atomic E-state index is 12.5. The van der Waals surface area contributed by atoms with Gasteiger partial charge in [0, 0.05) is 24.7 Å². The molecule has 34 heavy (non-hydrogen) atoms. The summed E-state index contributed by atoms with van der Waals surface area (Å²) in [6.07, 6.45) is 1.22. The number of hydrogen-bond acceptors (Lipinski definition) is 9. The molecule has 0 aliphatic heterocycles. The summed E-state index contributed by atoms with van der Waals surface area (Å²) in [5, 5.41) is 34.2. The largest absolute Gasteiger partial charge is 0.481 e. The maximum absolute atomic E-state index is 12.5. The van der Waals surface area contributed by atoms with Crippen LogP contribution in [0.1, 0.15) is 25.0 Å². The van der Waals surface area contributed by atoms with Crippen LogP contribution < -0.4 is 27.4 Å². The predicted molar refractivity (Wildman–Crippen MR) is 111 cm³/mol. The molecule has 0 bridgehead atoms. The molecule has 0 aromatic carbocycles. The molecule has 0 saturated carbocycles. The fraction of sp³-hybridized carbons (Fsp3) is 0.500. The highest BCUT2D eigenvalue weighted by Crippen LogP contribution is 2.02. The fourth-order valence-corrected chi connectivity index (χ4v) is 2.65. The van der Waals surface area contributed by atoms with Gasteiger partial charge in [0.05, 0.1) is 25.4 Å². The van der Waals surface area contributed by atoms with Crippen molar-refractivity contribution in [1.29, 1.82) is 0 Å². The van der Waals surface area contributed by atoms with E-state index >= 15 is 0 Å². The highest BCUT2D eigenvalue weighted by molar-refractivity contribution is 5.95. The molecular formula is C18H27N7O9. The van der Waals surface area contributed by atoms with Gasteiger partial charge in [0.2, 0.25) is 23.6 Å². The number of rotatable bonds is 15. The smallest absolute Gasteiger partial charge is 0.326 e. The number of aliphatic carboxylic acids is 2. The second-order valence-corrected chi connectivity index (χ2v) is 7.19. The van der Waals surface area contributed by atoms with Crippen molar-refractivity contribution in [2.75, 3.05) is 6.61 Å². The summed E-state index contributed by atoms with van der Waals surface area (Å²) in [7, 11) is 0. The number of aromatic amines is 1. The number of carboxylic acid groups (broad SMARTS) is 2. The van der Waals surface area contributed by atoms with Crippen LogP contribution in [0.5, 0.6) is 0 Å². The number of amides is 4. The SMILES string of the molecule is NC(=O)CCC(N)C(=O)NC(CC(=O)O)C(=O)NC(CO)C(=O)NC(Cc1cnc[nH]1)C(=O)O. The predicted octanol–water partition coefficient (Wildman–Crippen LogP) is -4.45. The van der Waals surface area contributed by atoms with Gasteiger partial charge in [-0.2, -0.15) is 0 Å². The van der Waals surface area contributed by atoms with Crippen molar-refractivity contribution in [2.45, 2.75) is 49.9 Å². The van der Waals surface area contributed by atoms with Crippen molar-refractivity contribution in [2.24, 2.45) is 11.5 Å². The Labute approximate surface area is 192 Å². The Hall–Kier alpha value is -4.05. The molecule has 11 N–H and O–H groups in total. The monoisotopic (exact) mass is 485 g/mol. The first-order chi connectivity index (χ1) is 15.9. The maximum Gasteiger partial charge on any atom is 0.326 e. The molecule has 0 aliphatic carbocycles. The van der Waals surface area contributed by atoms with Crippen LogP contribution in [0.15, 0.2) is 12.5 Å². The molecule has 1 aromatic rings. The van der Waals surface area contributed by atoms with E-state index in [0.717, 1.165) is 0 Å². The zero-order valence-corrected chi connectivity index (χ0v) is 17.9. The van der Waals surface area contributed by atoms with E-state index in [2.05, 4.69) is 25.9 Å². The van der Waals surface area contributed by atoms with E-state index in [0.29, 0.717) is 5.69 Å². The quantitative estimate of drug-likeness (QED) is 0.114. The summed E-state index contributed by atoms with van der Waals surface area (Å²) in [6.45, 7) is -0.958. The Morgan fingerprint density at radius 2 is 1.56 bits per heavy atom. The minimum absolute atomic E-state index is 0.156. The summed E-state index contributed by atoms with van der Waals surface area (Å²) in [4.78, 5) is 76.9. The van der Waals surface area contributed by atoms with Gasteiger partial charge in [-0.05, 0) is 6.42 Å². The number of carbonyl (C=O) groups is 6. The Balaban J connectivity index is 2.83. The number of imidazole rings is 1. The number of nitrogens with one attached hydrogen (secondary N) is 4. The number of nitrogens with zero attached hydrogens (tertiary/aromatic N) is 1. The van der Waals surface area contributed by atoms with Crippen LogP contribution in [0.2, 0.25) is 0 Å². The third-order valence-corrected chi connectivity index (χ3v) is 4.46. The van der Waals surface area contributed by atoms with Crippen LogP contribution in [0.3, 0.4) is 0 Å². The van der Waals surface area contributed by atoms with E-state index in [-0.39, 0.29) is 19.3 Å². The third kappa shape index (κ3) is 9.61. The highest BCUT2D eigenvalue weighted by atomic mass is 16.4. The molecule has 16 nitrogen and oxygen atoms in total. The summed E-state index contributed by atoms with van der Waals surface area (Å²) < 4.78 is 0. The molecule has 4 atom stereocenters. The van der Waals surface area contributed by atoms with Crippen LogP contribution >= 0.6 is 0 Å². The minimum Gasteiger partial charge on any atom is -0.481 e. The van der Waals surface area contributed by atoms with Gasteiger partial charge in [0.1, 0.15) is 18.1 Å². The second-order valence-electron chi connectivity index (χ2n) is 7.19. The molecular weight excluding hydrogens is 458 g/mol. The zero-order chi connectivity index (χ0) is 25.8. The fourth-order valence-electron chi connectivity index (χ4n) is 2.65. The van der Waals surface area contributed by atoms with Gasteiger partial charge < -0.3 is 47.7 Å². The van der Waals surface area contributed by atoms with E-state index in [1.807, 2.05) is 0 Å². The van der Waals surface area contributed by atoms with E-state index in [1.165, 1.54) is 12.5 Å². The standard InChI is InChI=1S/C18H27N7O9/c19-9(1-2-13(20)27)15(30)23-10(4-14(28)29)16(31)25-12(6-26)17(32)24-11(18(33)34)3-8-5-21-7-22-8/h5,7,9-12,26H,1-4,6,19H2,(H2,20,27)(H,21,22)(H,23,30)(H,24,32)(H,25,31)(H,28,29)(H,33,34). The van der Waals surface area contributed by atoms with Gasteiger partial charge in [-0.25, -0.2) is 9.78 Å². The van der Waals surface area contributed by atoms with Crippen LogP contribution in [-0.2, 0) is 35.2 Å². The molecule has 188 valence electrons. The lowest BCUT2D eigenvalue weighted by Gasteiger charge is -2.23. The number of carboxylic acids is 2. The first-order valence-corrected chi connectivity index (χ1v) is 9.92. The lowest BCUT2D eigenvalue weighted by atomic mass is 10.1. The van der Waals surface area contributed by atoms with Crippen LogP contribution in [0.4, 0.5) is 0 Å². The summed E-state index contributed by atoms with van der Waals surface area (Å²) >= 11 is 0. The van der Waals surface area contributed by atoms with E-state index in [4.69, 9.17) is 16.6 Å². The summed E-state index contributed by atoms with van der Waals surface area (Å²) in [6, 6.07) is -6.05. The molecule has 0 saturated heterocycles. The van der Waals surface area contributed by atoms with Crippen molar-refractivity contribution < 1.29 is 44.1 Å². The topological polar surface area (TPSA) is 280 Å². The number of aliphatic hydroxyl groups excluding tert-OH is 1. The summed E-state index contributed by atoms with van der Waals surface area (Å²) in [5.74, 6) is -6.74. The van der Waals surface area contributed by atoms with Crippen molar-refractivity contribution in [3.8, 4) is 0 Å². The molecule has 0 fully saturated rings. The Morgan fingerprint density at radius 1 is 0.971 bits per heavy atom. The van der Waals surface area contributed by atoms with Gasteiger partial charge in [-0.15, -0.1) is 0 Å². The van der Waals surface area contributed by atoms with Crippen LogP contribution in [0, 0.1) is 0 Å². The second kappa shape index (κ2) is 13.5. The minimum atomic E-state index is -1.69. The summed E-state index contributed by atoms with van der Waals surface area (Å²) in [5.41, 5.74) is 11.0. The number of primary amides is 1. The van der Waals surface area contributed by atoms with Crippen molar-refractivity contribution in [3.63, 3.8) is 0 Å². The lowest BCUT2D eigenvalue weighted by molar-refractivity contribution is -0.143. The molecule has 0 radical (unpaired) electrons. The van der Waals surface area contributed by atoms with Gasteiger partial charge in [-0.1, -0.05) is 0 Å². The molecule has 4 amide bonds. The number of carbonyl (C=O) groups excluding carboxylic acids is 4.